The third-order valence-electron chi connectivity index (χ3n) is 4.26. The lowest BCUT2D eigenvalue weighted by atomic mass is 10.0. The highest BCUT2D eigenvalue weighted by Gasteiger charge is 2.29. The van der Waals surface area contributed by atoms with Gasteiger partial charge in [0.15, 0.2) is 0 Å². The SMILES string of the molecule is CC(C)(Sc1ccc(Cl)cc1)C(=O)NCC1CCCCCC1. The summed E-state index contributed by atoms with van der Waals surface area (Å²) in [6.45, 7) is 4.78. The molecule has 1 aromatic carbocycles. The average molecular weight is 340 g/mol. The van der Waals surface area contributed by atoms with E-state index in [-0.39, 0.29) is 5.91 Å². The van der Waals surface area contributed by atoms with Crippen molar-refractivity contribution in [3.63, 3.8) is 0 Å². The van der Waals surface area contributed by atoms with Gasteiger partial charge in [0.2, 0.25) is 5.91 Å². The number of halogens is 1. The summed E-state index contributed by atoms with van der Waals surface area (Å²) in [5.74, 6) is 0.777. The van der Waals surface area contributed by atoms with Crippen LogP contribution in [0.5, 0.6) is 0 Å². The summed E-state index contributed by atoms with van der Waals surface area (Å²) < 4.78 is -0.474. The van der Waals surface area contributed by atoms with Crippen molar-refractivity contribution in [3.05, 3.63) is 29.3 Å². The number of carbonyl (C=O) groups is 1. The molecule has 0 aliphatic heterocycles. The quantitative estimate of drug-likeness (QED) is 0.582. The molecule has 1 saturated carbocycles. The number of hydrogen-bond acceptors (Lipinski definition) is 2. The molecule has 1 aliphatic rings. The molecule has 2 rings (SSSR count). The first-order valence-electron chi connectivity index (χ1n) is 8.20. The molecular formula is C18H26ClNOS. The molecule has 122 valence electrons. The fourth-order valence-corrected chi connectivity index (χ4v) is 4.01. The summed E-state index contributed by atoms with van der Waals surface area (Å²) in [6.07, 6.45) is 7.83. The zero-order valence-corrected chi connectivity index (χ0v) is 15.1. The number of nitrogens with one attached hydrogen (secondary N) is 1. The van der Waals surface area contributed by atoms with Crippen LogP contribution in [0.25, 0.3) is 0 Å². The first-order chi connectivity index (χ1) is 10.5. The zero-order valence-electron chi connectivity index (χ0n) is 13.5. The molecule has 0 atom stereocenters. The van der Waals surface area contributed by atoms with E-state index >= 15 is 0 Å². The van der Waals surface area contributed by atoms with Crippen LogP contribution >= 0.6 is 23.4 Å². The second-order valence-electron chi connectivity index (χ2n) is 6.63. The molecule has 0 saturated heterocycles. The Bertz CT molecular complexity index is 478. The van der Waals surface area contributed by atoms with E-state index in [0.29, 0.717) is 5.92 Å². The van der Waals surface area contributed by atoms with Crippen LogP contribution in [-0.2, 0) is 4.79 Å². The lowest BCUT2D eigenvalue weighted by Gasteiger charge is -2.25. The molecule has 2 nitrogen and oxygen atoms in total. The van der Waals surface area contributed by atoms with Crippen LogP contribution in [0.3, 0.4) is 0 Å². The van der Waals surface area contributed by atoms with Gasteiger partial charge < -0.3 is 5.32 Å². The second kappa shape index (κ2) is 8.26. The van der Waals surface area contributed by atoms with Crippen molar-refractivity contribution in [2.45, 2.75) is 62.0 Å². The van der Waals surface area contributed by atoms with Gasteiger partial charge in [-0.25, -0.2) is 0 Å². The van der Waals surface area contributed by atoms with Crippen LogP contribution in [-0.4, -0.2) is 17.2 Å². The van der Waals surface area contributed by atoms with E-state index in [2.05, 4.69) is 5.32 Å². The number of hydrogen-bond donors (Lipinski definition) is 1. The van der Waals surface area contributed by atoms with E-state index < -0.39 is 4.75 Å². The summed E-state index contributed by atoms with van der Waals surface area (Å²) in [5.41, 5.74) is 0. The molecule has 1 aliphatic carbocycles. The normalized spacial score (nSPS) is 17.0. The van der Waals surface area contributed by atoms with E-state index in [9.17, 15) is 4.79 Å². The minimum absolute atomic E-state index is 0.122. The van der Waals surface area contributed by atoms with Gasteiger partial charge in [0.1, 0.15) is 0 Å². The first-order valence-corrected chi connectivity index (χ1v) is 9.40. The van der Waals surface area contributed by atoms with Crippen LogP contribution in [0.15, 0.2) is 29.2 Å². The van der Waals surface area contributed by atoms with E-state index in [4.69, 9.17) is 11.6 Å². The van der Waals surface area contributed by atoms with Crippen molar-refractivity contribution < 1.29 is 4.79 Å². The largest absolute Gasteiger partial charge is 0.355 e. The fraction of sp³-hybridized carbons (Fsp3) is 0.611. The maximum Gasteiger partial charge on any atom is 0.236 e. The maximum atomic E-state index is 12.5. The van der Waals surface area contributed by atoms with E-state index in [1.54, 1.807) is 11.8 Å². The number of amides is 1. The molecular weight excluding hydrogens is 314 g/mol. The smallest absolute Gasteiger partial charge is 0.236 e. The number of rotatable bonds is 5. The van der Waals surface area contributed by atoms with Crippen LogP contribution in [0, 0.1) is 5.92 Å². The lowest BCUT2D eigenvalue weighted by molar-refractivity contribution is -0.122. The molecule has 22 heavy (non-hydrogen) atoms. The van der Waals surface area contributed by atoms with Gasteiger partial charge in [0.05, 0.1) is 4.75 Å². The van der Waals surface area contributed by atoms with Crippen molar-refractivity contribution in [1.82, 2.24) is 5.32 Å². The Balaban J connectivity index is 1.85. The monoisotopic (exact) mass is 339 g/mol. The van der Waals surface area contributed by atoms with Gasteiger partial charge in [-0.05, 0) is 56.9 Å². The second-order valence-corrected chi connectivity index (χ2v) is 8.77. The molecule has 0 radical (unpaired) electrons. The van der Waals surface area contributed by atoms with Crippen molar-refractivity contribution in [2.24, 2.45) is 5.92 Å². The lowest BCUT2D eigenvalue weighted by Crippen LogP contribution is -2.41. The molecule has 0 spiro atoms. The van der Waals surface area contributed by atoms with Crippen molar-refractivity contribution in [1.29, 1.82) is 0 Å². The Kier molecular flexibility index (Phi) is 6.64. The minimum atomic E-state index is -0.474. The molecule has 0 aromatic heterocycles. The van der Waals surface area contributed by atoms with Gasteiger partial charge in [-0.1, -0.05) is 37.3 Å². The molecule has 0 bridgehead atoms. The van der Waals surface area contributed by atoms with Crippen LogP contribution in [0.4, 0.5) is 0 Å². The predicted molar refractivity (Wildman–Crippen MR) is 95.6 cm³/mol. The third kappa shape index (κ3) is 5.51. The molecule has 1 N–H and O–H groups in total. The van der Waals surface area contributed by atoms with Crippen molar-refractivity contribution in [2.75, 3.05) is 6.54 Å². The summed E-state index contributed by atoms with van der Waals surface area (Å²) in [6, 6.07) is 7.66. The fourth-order valence-electron chi connectivity index (χ4n) is 2.86. The van der Waals surface area contributed by atoms with Gasteiger partial charge in [0.25, 0.3) is 0 Å². The third-order valence-corrected chi connectivity index (χ3v) is 5.72. The Morgan fingerprint density at radius 2 is 1.77 bits per heavy atom. The van der Waals surface area contributed by atoms with E-state index in [0.717, 1.165) is 16.5 Å². The molecule has 0 heterocycles. The van der Waals surface area contributed by atoms with Crippen LogP contribution < -0.4 is 5.32 Å². The first kappa shape index (κ1) is 17.7. The van der Waals surface area contributed by atoms with Gasteiger partial charge in [0, 0.05) is 16.5 Å². The Labute approximate surface area is 143 Å². The number of carbonyl (C=O) groups excluding carboxylic acids is 1. The van der Waals surface area contributed by atoms with Crippen molar-refractivity contribution in [3.8, 4) is 0 Å². The van der Waals surface area contributed by atoms with E-state index in [1.807, 2.05) is 38.1 Å². The molecule has 4 heteroatoms. The van der Waals surface area contributed by atoms with Crippen LogP contribution in [0.2, 0.25) is 5.02 Å². The maximum absolute atomic E-state index is 12.5. The zero-order chi connectivity index (χ0) is 16.0. The predicted octanol–water partition coefficient (Wildman–Crippen LogP) is 5.30. The molecule has 1 fully saturated rings. The summed E-state index contributed by atoms with van der Waals surface area (Å²) in [7, 11) is 0. The summed E-state index contributed by atoms with van der Waals surface area (Å²) in [5, 5.41) is 3.89. The Morgan fingerprint density at radius 3 is 2.36 bits per heavy atom. The Hall–Kier alpha value is -0.670. The molecule has 0 unspecified atom stereocenters. The standard InChI is InChI=1S/C18H26ClNOS/c1-18(2,22-16-11-9-15(19)10-12-16)17(21)20-13-14-7-5-3-4-6-8-14/h9-12,14H,3-8,13H2,1-2H3,(H,20,21). The van der Waals surface area contributed by atoms with Gasteiger partial charge in [-0.15, -0.1) is 11.8 Å². The number of thioether (sulfide) groups is 1. The number of benzene rings is 1. The minimum Gasteiger partial charge on any atom is -0.355 e. The highest BCUT2D eigenvalue weighted by molar-refractivity contribution is 8.01. The summed E-state index contributed by atoms with van der Waals surface area (Å²) >= 11 is 7.49. The van der Waals surface area contributed by atoms with Gasteiger partial charge in [-0.3, -0.25) is 4.79 Å². The van der Waals surface area contributed by atoms with Gasteiger partial charge in [-0.2, -0.15) is 0 Å². The average Bonchev–Trinajstić information content (AvgIpc) is 2.75. The highest BCUT2D eigenvalue weighted by atomic mass is 35.5. The Morgan fingerprint density at radius 1 is 1.18 bits per heavy atom. The van der Waals surface area contributed by atoms with E-state index in [1.165, 1.54) is 38.5 Å². The topological polar surface area (TPSA) is 29.1 Å². The van der Waals surface area contributed by atoms with Gasteiger partial charge >= 0.3 is 0 Å². The summed E-state index contributed by atoms with van der Waals surface area (Å²) in [4.78, 5) is 13.6. The molecule has 1 amide bonds. The van der Waals surface area contributed by atoms with Crippen molar-refractivity contribution >= 4 is 29.3 Å². The van der Waals surface area contributed by atoms with Crippen LogP contribution in [0.1, 0.15) is 52.4 Å². The highest BCUT2D eigenvalue weighted by Crippen LogP contribution is 2.33. The molecule has 1 aromatic rings.